The molecule has 112 valence electrons. The molecule has 2 N–H and O–H groups in total. The van der Waals surface area contributed by atoms with Crippen LogP contribution in [0.4, 0.5) is 0 Å². The van der Waals surface area contributed by atoms with E-state index in [2.05, 4.69) is 9.97 Å². The molecule has 0 unspecified atom stereocenters. The summed E-state index contributed by atoms with van der Waals surface area (Å²) in [5.74, 6) is 0.742. The predicted molar refractivity (Wildman–Crippen MR) is 81.8 cm³/mol. The monoisotopic (exact) mass is 288 g/mol. The van der Waals surface area contributed by atoms with E-state index in [1.54, 1.807) is 6.07 Å². The molecule has 2 aromatic rings. The van der Waals surface area contributed by atoms with Crippen LogP contribution in [-0.4, -0.2) is 21.7 Å². The fraction of sp³-hybridized carbons (Fsp3) is 0.375. The average molecular weight is 288 g/mol. The second kappa shape index (κ2) is 6.43. The van der Waals surface area contributed by atoms with Gasteiger partial charge < -0.3 is 14.8 Å². The molecule has 0 amide bonds. The Morgan fingerprint density at radius 1 is 1.38 bits per heavy atom. The zero-order valence-electron chi connectivity index (χ0n) is 12.5. The van der Waals surface area contributed by atoms with Crippen LogP contribution in [0.1, 0.15) is 38.7 Å². The summed E-state index contributed by atoms with van der Waals surface area (Å²) in [5.41, 5.74) is 0.691. The molecule has 0 aliphatic carbocycles. The number of ether oxygens (including phenoxy) is 1. The van der Waals surface area contributed by atoms with Gasteiger partial charge in [-0.25, -0.2) is 0 Å². The van der Waals surface area contributed by atoms with Crippen molar-refractivity contribution >= 4 is 0 Å². The number of hydrogen-bond acceptors (Lipinski definition) is 4. The van der Waals surface area contributed by atoms with Crippen molar-refractivity contribution in [2.24, 2.45) is 0 Å². The van der Waals surface area contributed by atoms with Crippen LogP contribution in [0.15, 0.2) is 29.1 Å². The molecule has 0 atom stereocenters. The Morgan fingerprint density at radius 3 is 2.76 bits per heavy atom. The van der Waals surface area contributed by atoms with E-state index in [0.29, 0.717) is 29.3 Å². The molecular weight excluding hydrogens is 268 g/mol. The van der Waals surface area contributed by atoms with Gasteiger partial charge in [0.2, 0.25) is 5.88 Å². The molecule has 0 spiro atoms. The zero-order valence-corrected chi connectivity index (χ0v) is 12.5. The number of nitrogens with one attached hydrogen (secondary N) is 1. The quantitative estimate of drug-likeness (QED) is 0.886. The van der Waals surface area contributed by atoms with Gasteiger partial charge in [-0.05, 0) is 24.5 Å². The van der Waals surface area contributed by atoms with Crippen LogP contribution in [0.25, 0.3) is 11.4 Å². The third-order valence-corrected chi connectivity index (χ3v) is 3.09. The maximum absolute atomic E-state index is 12.0. The highest BCUT2D eigenvalue weighted by atomic mass is 16.5. The van der Waals surface area contributed by atoms with Crippen molar-refractivity contribution in [2.45, 2.75) is 33.1 Å². The van der Waals surface area contributed by atoms with Gasteiger partial charge in [0.25, 0.3) is 5.56 Å². The van der Waals surface area contributed by atoms with Crippen molar-refractivity contribution in [1.29, 1.82) is 0 Å². The minimum absolute atomic E-state index is 0.0884. The standard InChI is InChI=1S/C16H20N2O3/c1-4-8-21-12-7-5-6-11(9-12)14-17-15(19)13(10(2)3)16(20)18-14/h5-7,9-10H,4,8H2,1-3H3,(H2,17,18,19,20). The Morgan fingerprint density at radius 2 is 2.14 bits per heavy atom. The molecule has 0 aliphatic rings. The summed E-state index contributed by atoms with van der Waals surface area (Å²) in [5, 5.41) is 9.95. The lowest BCUT2D eigenvalue weighted by atomic mass is 10.1. The summed E-state index contributed by atoms with van der Waals surface area (Å²) in [6.45, 7) is 6.34. The molecule has 0 bridgehead atoms. The highest BCUT2D eigenvalue weighted by Crippen LogP contribution is 2.24. The SMILES string of the molecule is CCCOc1cccc(-c2nc(O)c(C(C)C)c(=O)[nH]2)c1. The lowest BCUT2D eigenvalue weighted by Crippen LogP contribution is -2.16. The molecular formula is C16H20N2O3. The average Bonchev–Trinajstić information content (AvgIpc) is 2.44. The van der Waals surface area contributed by atoms with Gasteiger partial charge in [-0.15, -0.1) is 0 Å². The normalized spacial score (nSPS) is 10.9. The summed E-state index contributed by atoms with van der Waals surface area (Å²) in [7, 11) is 0. The first-order valence-corrected chi connectivity index (χ1v) is 7.09. The topological polar surface area (TPSA) is 75.2 Å². The highest BCUT2D eigenvalue weighted by molar-refractivity contribution is 5.58. The van der Waals surface area contributed by atoms with Gasteiger partial charge in [-0.2, -0.15) is 4.98 Å². The fourth-order valence-corrected chi connectivity index (χ4v) is 2.08. The van der Waals surface area contributed by atoms with E-state index < -0.39 is 0 Å². The van der Waals surface area contributed by atoms with Gasteiger partial charge >= 0.3 is 0 Å². The summed E-state index contributed by atoms with van der Waals surface area (Å²) in [6.07, 6.45) is 0.920. The first-order chi connectivity index (χ1) is 10.0. The third-order valence-electron chi connectivity index (χ3n) is 3.09. The van der Waals surface area contributed by atoms with E-state index in [4.69, 9.17) is 4.74 Å². The van der Waals surface area contributed by atoms with Crippen LogP contribution in [0.5, 0.6) is 11.6 Å². The van der Waals surface area contributed by atoms with Gasteiger partial charge in [-0.3, -0.25) is 4.79 Å². The minimum atomic E-state index is -0.313. The van der Waals surface area contributed by atoms with E-state index in [9.17, 15) is 9.90 Å². The summed E-state index contributed by atoms with van der Waals surface area (Å²) in [6, 6.07) is 7.28. The molecule has 21 heavy (non-hydrogen) atoms. The minimum Gasteiger partial charge on any atom is -0.494 e. The number of H-pyrrole nitrogens is 1. The van der Waals surface area contributed by atoms with E-state index in [1.807, 2.05) is 39.0 Å². The number of aromatic nitrogens is 2. The summed E-state index contributed by atoms with van der Waals surface area (Å²) in [4.78, 5) is 18.9. The molecule has 1 aromatic carbocycles. The fourth-order valence-electron chi connectivity index (χ4n) is 2.08. The number of nitrogens with zero attached hydrogens (tertiary/aromatic N) is 1. The molecule has 1 aromatic heterocycles. The molecule has 5 nitrogen and oxygen atoms in total. The summed E-state index contributed by atoms with van der Waals surface area (Å²) >= 11 is 0. The number of hydrogen-bond donors (Lipinski definition) is 2. The van der Waals surface area contributed by atoms with E-state index in [1.165, 1.54) is 0 Å². The summed E-state index contributed by atoms with van der Waals surface area (Å²) < 4.78 is 5.56. The highest BCUT2D eigenvalue weighted by Gasteiger charge is 2.15. The van der Waals surface area contributed by atoms with Crippen molar-refractivity contribution in [2.75, 3.05) is 6.61 Å². The van der Waals surface area contributed by atoms with Crippen LogP contribution < -0.4 is 10.3 Å². The molecule has 5 heteroatoms. The number of rotatable bonds is 5. The van der Waals surface area contributed by atoms with Crippen molar-refractivity contribution in [3.63, 3.8) is 0 Å². The van der Waals surface area contributed by atoms with Crippen LogP contribution in [0, 0.1) is 0 Å². The molecule has 0 aliphatic heterocycles. The molecule has 2 rings (SSSR count). The maximum Gasteiger partial charge on any atom is 0.258 e. The van der Waals surface area contributed by atoms with Gasteiger partial charge in [0.1, 0.15) is 11.6 Å². The lowest BCUT2D eigenvalue weighted by molar-refractivity contribution is 0.317. The van der Waals surface area contributed by atoms with E-state index >= 15 is 0 Å². The third kappa shape index (κ3) is 3.42. The van der Waals surface area contributed by atoms with Gasteiger partial charge in [0.05, 0.1) is 12.2 Å². The number of aromatic amines is 1. The van der Waals surface area contributed by atoms with Crippen LogP contribution >= 0.6 is 0 Å². The zero-order chi connectivity index (χ0) is 15.4. The Balaban J connectivity index is 2.41. The lowest BCUT2D eigenvalue weighted by Gasteiger charge is -2.09. The van der Waals surface area contributed by atoms with Gasteiger partial charge in [0, 0.05) is 5.56 Å². The Hall–Kier alpha value is -2.30. The molecule has 0 fully saturated rings. The molecule has 0 saturated carbocycles. The largest absolute Gasteiger partial charge is 0.494 e. The maximum atomic E-state index is 12.0. The Kier molecular flexibility index (Phi) is 4.62. The van der Waals surface area contributed by atoms with Crippen LogP contribution in [0.2, 0.25) is 0 Å². The Labute approximate surface area is 123 Å². The second-order valence-electron chi connectivity index (χ2n) is 5.18. The van der Waals surface area contributed by atoms with E-state index in [0.717, 1.165) is 6.42 Å². The van der Waals surface area contributed by atoms with Crippen molar-refractivity contribution in [3.05, 3.63) is 40.2 Å². The van der Waals surface area contributed by atoms with Gasteiger partial charge in [-0.1, -0.05) is 32.9 Å². The second-order valence-corrected chi connectivity index (χ2v) is 5.18. The van der Waals surface area contributed by atoms with Crippen LogP contribution in [-0.2, 0) is 0 Å². The first-order valence-electron chi connectivity index (χ1n) is 7.09. The molecule has 1 heterocycles. The van der Waals surface area contributed by atoms with E-state index in [-0.39, 0.29) is 17.4 Å². The molecule has 0 saturated heterocycles. The van der Waals surface area contributed by atoms with Crippen LogP contribution in [0.3, 0.4) is 0 Å². The first kappa shape index (κ1) is 15.1. The smallest absolute Gasteiger partial charge is 0.258 e. The van der Waals surface area contributed by atoms with Crippen molar-refractivity contribution in [1.82, 2.24) is 9.97 Å². The van der Waals surface area contributed by atoms with Crippen molar-refractivity contribution in [3.8, 4) is 23.0 Å². The molecule has 0 radical (unpaired) electrons. The van der Waals surface area contributed by atoms with Gasteiger partial charge in [0.15, 0.2) is 0 Å². The van der Waals surface area contributed by atoms with Crippen molar-refractivity contribution < 1.29 is 9.84 Å². The number of aromatic hydroxyl groups is 1. The number of benzene rings is 1. The Bertz CT molecular complexity index is 677. The predicted octanol–water partition coefficient (Wildman–Crippen LogP) is 3.05.